The molecule has 0 aliphatic rings. The lowest BCUT2D eigenvalue weighted by atomic mass is 10.1. The molecule has 1 heterocycles. The first-order valence-electron chi connectivity index (χ1n) is 7.19. The van der Waals surface area contributed by atoms with E-state index in [2.05, 4.69) is 60.0 Å². The van der Waals surface area contributed by atoms with E-state index < -0.39 is 0 Å². The number of hydrogen-bond donors (Lipinski definition) is 1. The van der Waals surface area contributed by atoms with Crippen LogP contribution < -0.4 is 5.73 Å². The van der Waals surface area contributed by atoms with Crippen molar-refractivity contribution in [2.75, 3.05) is 5.73 Å². The van der Waals surface area contributed by atoms with E-state index in [0.29, 0.717) is 0 Å². The third-order valence-corrected chi connectivity index (χ3v) is 3.84. The maximum atomic E-state index is 5.88. The molecular weight excluding hydrogens is 244 g/mol. The van der Waals surface area contributed by atoms with Gasteiger partial charge in [0.25, 0.3) is 0 Å². The number of fused-ring (bicyclic) bond motifs is 1. The van der Waals surface area contributed by atoms with E-state index in [4.69, 9.17) is 5.73 Å². The minimum absolute atomic E-state index is 0.834. The smallest absolute Gasteiger partial charge is 0.0483 e. The third-order valence-electron chi connectivity index (χ3n) is 3.84. The topological polar surface area (TPSA) is 30.9 Å². The van der Waals surface area contributed by atoms with Gasteiger partial charge in [-0.2, -0.15) is 0 Å². The first-order chi connectivity index (χ1) is 9.78. The Hall–Kier alpha value is -2.22. The van der Waals surface area contributed by atoms with E-state index in [1.165, 1.54) is 22.2 Å². The minimum Gasteiger partial charge on any atom is -0.399 e. The molecule has 0 saturated heterocycles. The highest BCUT2D eigenvalue weighted by atomic mass is 15.0. The van der Waals surface area contributed by atoms with Crippen LogP contribution >= 0.6 is 0 Å². The fourth-order valence-electron chi connectivity index (χ4n) is 2.84. The molecule has 0 unspecified atom stereocenters. The number of hydrogen-bond acceptors (Lipinski definition) is 1. The lowest BCUT2D eigenvalue weighted by Crippen LogP contribution is -2.02. The summed E-state index contributed by atoms with van der Waals surface area (Å²) in [5.41, 5.74) is 10.8. The van der Waals surface area contributed by atoms with E-state index in [9.17, 15) is 0 Å². The highest BCUT2D eigenvalue weighted by Crippen LogP contribution is 2.23. The van der Waals surface area contributed by atoms with Crippen molar-refractivity contribution in [3.63, 3.8) is 0 Å². The van der Waals surface area contributed by atoms with Crippen molar-refractivity contribution in [3.05, 3.63) is 65.9 Å². The molecule has 0 aliphatic carbocycles. The molecule has 3 rings (SSSR count). The second kappa shape index (κ2) is 5.41. The number of aryl methyl sites for hydroxylation is 3. The molecule has 0 atom stereocenters. The summed E-state index contributed by atoms with van der Waals surface area (Å²) >= 11 is 0. The van der Waals surface area contributed by atoms with E-state index >= 15 is 0 Å². The lowest BCUT2D eigenvalue weighted by molar-refractivity contribution is 0.728. The van der Waals surface area contributed by atoms with E-state index in [1.54, 1.807) is 0 Å². The fourth-order valence-corrected chi connectivity index (χ4v) is 2.84. The molecule has 3 aromatic rings. The molecule has 102 valence electrons. The van der Waals surface area contributed by atoms with Gasteiger partial charge in [0, 0.05) is 28.8 Å². The van der Waals surface area contributed by atoms with Crippen LogP contribution in [0.3, 0.4) is 0 Å². The standard InChI is InChI=1S/C18H20N2/c1-2-20-17(10-8-14-6-4-3-5-7-14)13-15-12-16(19)9-11-18(15)20/h3-7,9,11-13H,2,8,10,19H2,1H3. The zero-order valence-electron chi connectivity index (χ0n) is 11.8. The summed E-state index contributed by atoms with van der Waals surface area (Å²) in [6, 6.07) is 19.1. The van der Waals surface area contributed by atoms with Gasteiger partial charge in [0.2, 0.25) is 0 Å². The van der Waals surface area contributed by atoms with Crippen LogP contribution in [0, 0.1) is 0 Å². The zero-order chi connectivity index (χ0) is 13.9. The quantitative estimate of drug-likeness (QED) is 0.709. The maximum Gasteiger partial charge on any atom is 0.0483 e. The van der Waals surface area contributed by atoms with E-state index in [-0.39, 0.29) is 0 Å². The Kier molecular flexibility index (Phi) is 3.46. The number of aromatic nitrogens is 1. The number of rotatable bonds is 4. The van der Waals surface area contributed by atoms with Crippen molar-refractivity contribution in [2.24, 2.45) is 0 Å². The van der Waals surface area contributed by atoms with Crippen molar-refractivity contribution in [1.29, 1.82) is 0 Å². The maximum absolute atomic E-state index is 5.88. The summed E-state index contributed by atoms with van der Waals surface area (Å²) in [5, 5.41) is 1.25. The molecule has 0 radical (unpaired) electrons. The second-order valence-corrected chi connectivity index (χ2v) is 5.18. The Balaban J connectivity index is 1.91. The van der Waals surface area contributed by atoms with Crippen LogP contribution in [-0.2, 0) is 19.4 Å². The predicted molar refractivity (Wildman–Crippen MR) is 85.9 cm³/mol. The Labute approximate surface area is 119 Å². The van der Waals surface area contributed by atoms with Gasteiger partial charge in [0.15, 0.2) is 0 Å². The van der Waals surface area contributed by atoms with Gasteiger partial charge in [-0.3, -0.25) is 0 Å². The van der Waals surface area contributed by atoms with Gasteiger partial charge in [-0.05, 0) is 49.6 Å². The van der Waals surface area contributed by atoms with Crippen LogP contribution in [0.1, 0.15) is 18.2 Å². The molecule has 2 N–H and O–H groups in total. The van der Waals surface area contributed by atoms with Gasteiger partial charge >= 0.3 is 0 Å². The molecule has 2 nitrogen and oxygen atoms in total. The lowest BCUT2D eigenvalue weighted by Gasteiger charge is -2.08. The summed E-state index contributed by atoms with van der Waals surface area (Å²) in [5.74, 6) is 0. The van der Waals surface area contributed by atoms with Crippen LogP contribution in [0.25, 0.3) is 10.9 Å². The zero-order valence-corrected chi connectivity index (χ0v) is 11.8. The fraction of sp³-hybridized carbons (Fsp3) is 0.222. The average molecular weight is 264 g/mol. The normalized spacial score (nSPS) is 11.1. The van der Waals surface area contributed by atoms with Crippen molar-refractivity contribution in [3.8, 4) is 0 Å². The monoisotopic (exact) mass is 264 g/mol. The highest BCUT2D eigenvalue weighted by Gasteiger charge is 2.07. The highest BCUT2D eigenvalue weighted by molar-refractivity contribution is 5.84. The van der Waals surface area contributed by atoms with Crippen LogP contribution in [0.2, 0.25) is 0 Å². The van der Waals surface area contributed by atoms with Gasteiger partial charge < -0.3 is 10.3 Å². The van der Waals surface area contributed by atoms with Crippen LogP contribution in [0.5, 0.6) is 0 Å². The molecular formula is C18H20N2. The number of benzene rings is 2. The number of nitrogen functional groups attached to an aromatic ring is 1. The van der Waals surface area contributed by atoms with Crippen LogP contribution in [0.15, 0.2) is 54.6 Å². The van der Waals surface area contributed by atoms with Gasteiger partial charge in [0.05, 0.1) is 0 Å². The van der Waals surface area contributed by atoms with Gasteiger partial charge in [-0.25, -0.2) is 0 Å². The van der Waals surface area contributed by atoms with Gasteiger partial charge in [-0.15, -0.1) is 0 Å². The minimum atomic E-state index is 0.834. The Morgan fingerprint density at radius 3 is 2.50 bits per heavy atom. The van der Waals surface area contributed by atoms with E-state index in [0.717, 1.165) is 25.1 Å². The Morgan fingerprint density at radius 2 is 1.75 bits per heavy atom. The predicted octanol–water partition coefficient (Wildman–Crippen LogP) is 4.03. The SMILES string of the molecule is CCn1c(CCc2ccccc2)cc2cc(N)ccc21. The molecule has 0 aliphatic heterocycles. The molecule has 0 bridgehead atoms. The van der Waals surface area contributed by atoms with Crippen LogP contribution in [-0.4, -0.2) is 4.57 Å². The van der Waals surface area contributed by atoms with Crippen molar-refractivity contribution >= 4 is 16.6 Å². The third kappa shape index (κ3) is 2.42. The van der Waals surface area contributed by atoms with Crippen molar-refractivity contribution in [1.82, 2.24) is 4.57 Å². The van der Waals surface area contributed by atoms with Gasteiger partial charge in [-0.1, -0.05) is 30.3 Å². The largest absolute Gasteiger partial charge is 0.399 e. The second-order valence-electron chi connectivity index (χ2n) is 5.18. The molecule has 2 heteroatoms. The molecule has 0 spiro atoms. The molecule has 2 aromatic carbocycles. The summed E-state index contributed by atoms with van der Waals surface area (Å²) < 4.78 is 2.39. The van der Waals surface area contributed by atoms with E-state index in [1.807, 2.05) is 6.07 Å². The van der Waals surface area contributed by atoms with Crippen molar-refractivity contribution in [2.45, 2.75) is 26.3 Å². The average Bonchev–Trinajstić information content (AvgIpc) is 2.82. The molecule has 0 fully saturated rings. The summed E-state index contributed by atoms with van der Waals surface area (Å²) in [6.45, 7) is 3.19. The van der Waals surface area contributed by atoms with Crippen LogP contribution in [0.4, 0.5) is 5.69 Å². The molecule has 1 aromatic heterocycles. The Morgan fingerprint density at radius 1 is 0.950 bits per heavy atom. The number of nitrogens with zero attached hydrogens (tertiary/aromatic N) is 1. The number of anilines is 1. The Bertz CT molecular complexity index is 711. The van der Waals surface area contributed by atoms with Gasteiger partial charge in [0.1, 0.15) is 0 Å². The summed E-state index contributed by atoms with van der Waals surface area (Å²) in [6.07, 6.45) is 2.14. The number of nitrogens with two attached hydrogens (primary N) is 1. The molecule has 20 heavy (non-hydrogen) atoms. The summed E-state index contributed by atoms with van der Waals surface area (Å²) in [7, 11) is 0. The molecule has 0 saturated carbocycles. The molecule has 0 amide bonds. The summed E-state index contributed by atoms with van der Waals surface area (Å²) in [4.78, 5) is 0. The van der Waals surface area contributed by atoms with Crippen molar-refractivity contribution < 1.29 is 0 Å². The first kappa shape index (κ1) is 12.8. The first-order valence-corrected chi connectivity index (χ1v) is 7.19.